The van der Waals surface area contributed by atoms with E-state index in [4.69, 9.17) is 9.84 Å². The second-order valence-electron chi connectivity index (χ2n) is 3.77. The van der Waals surface area contributed by atoms with E-state index in [9.17, 15) is 0 Å². The van der Waals surface area contributed by atoms with Crippen LogP contribution in [0.1, 0.15) is 5.56 Å². The number of morpholine rings is 1. The number of hydrogen-bond donors (Lipinski definition) is 1. The summed E-state index contributed by atoms with van der Waals surface area (Å²) < 4.78 is 5.39. The first-order chi connectivity index (χ1) is 7.38. The van der Waals surface area contributed by atoms with Gasteiger partial charge in [-0.15, -0.1) is 0 Å². The first-order valence-electron chi connectivity index (χ1n) is 5.22. The summed E-state index contributed by atoms with van der Waals surface area (Å²) in [6.07, 6.45) is 3.62. The standard InChI is InChI=1S/C11H16N2O2/c14-9-11-8-13(4-5-15-11)7-10-2-1-3-12-6-10/h1-3,6,11,14H,4-5,7-9H2. The maximum Gasteiger partial charge on any atom is 0.0933 e. The Morgan fingerprint density at radius 1 is 1.60 bits per heavy atom. The van der Waals surface area contributed by atoms with E-state index in [0.717, 1.165) is 19.6 Å². The fraction of sp³-hybridized carbons (Fsp3) is 0.545. The molecule has 1 fully saturated rings. The van der Waals surface area contributed by atoms with Gasteiger partial charge in [-0.3, -0.25) is 9.88 Å². The Morgan fingerprint density at radius 2 is 2.53 bits per heavy atom. The van der Waals surface area contributed by atoms with Crippen LogP contribution in [0.4, 0.5) is 0 Å². The van der Waals surface area contributed by atoms with E-state index in [1.807, 2.05) is 12.3 Å². The highest BCUT2D eigenvalue weighted by molar-refractivity contribution is 5.08. The van der Waals surface area contributed by atoms with E-state index in [0.29, 0.717) is 6.61 Å². The molecule has 0 radical (unpaired) electrons. The average molecular weight is 208 g/mol. The molecule has 0 amide bonds. The number of aromatic nitrogens is 1. The number of hydrogen-bond acceptors (Lipinski definition) is 4. The smallest absolute Gasteiger partial charge is 0.0933 e. The molecule has 4 heteroatoms. The number of rotatable bonds is 3. The zero-order chi connectivity index (χ0) is 10.5. The predicted molar refractivity (Wildman–Crippen MR) is 56.3 cm³/mol. The third-order valence-corrected chi connectivity index (χ3v) is 2.56. The number of nitrogens with zero attached hydrogens (tertiary/aromatic N) is 2. The topological polar surface area (TPSA) is 45.6 Å². The lowest BCUT2D eigenvalue weighted by Gasteiger charge is -2.31. The van der Waals surface area contributed by atoms with Gasteiger partial charge in [-0.1, -0.05) is 6.07 Å². The number of ether oxygens (including phenoxy) is 1. The molecule has 82 valence electrons. The van der Waals surface area contributed by atoms with Gasteiger partial charge < -0.3 is 9.84 Å². The van der Waals surface area contributed by atoms with Gasteiger partial charge in [0.05, 0.1) is 19.3 Å². The van der Waals surface area contributed by atoms with E-state index < -0.39 is 0 Å². The van der Waals surface area contributed by atoms with E-state index in [1.165, 1.54) is 5.56 Å². The summed E-state index contributed by atoms with van der Waals surface area (Å²) in [4.78, 5) is 6.36. The van der Waals surface area contributed by atoms with Crippen molar-refractivity contribution in [3.63, 3.8) is 0 Å². The summed E-state index contributed by atoms with van der Waals surface area (Å²) in [6, 6.07) is 4.01. The Labute approximate surface area is 89.5 Å². The Bertz CT molecular complexity index is 292. The van der Waals surface area contributed by atoms with Crippen molar-refractivity contribution < 1.29 is 9.84 Å². The number of aliphatic hydroxyl groups excluding tert-OH is 1. The summed E-state index contributed by atoms with van der Waals surface area (Å²) in [5, 5.41) is 9.01. The molecule has 1 N–H and O–H groups in total. The molecule has 2 heterocycles. The van der Waals surface area contributed by atoms with Crippen LogP contribution in [0, 0.1) is 0 Å². The predicted octanol–water partition coefficient (Wildman–Crippen LogP) is 0.275. The molecule has 1 aliphatic heterocycles. The Morgan fingerprint density at radius 3 is 3.27 bits per heavy atom. The van der Waals surface area contributed by atoms with Gasteiger partial charge in [-0.25, -0.2) is 0 Å². The highest BCUT2D eigenvalue weighted by Crippen LogP contribution is 2.09. The second kappa shape index (κ2) is 5.21. The van der Waals surface area contributed by atoms with Crippen LogP contribution in [0.3, 0.4) is 0 Å². The molecular weight excluding hydrogens is 192 g/mol. The summed E-state index contributed by atoms with van der Waals surface area (Å²) in [5.74, 6) is 0. The van der Waals surface area contributed by atoms with Gasteiger partial charge in [0.25, 0.3) is 0 Å². The lowest BCUT2D eigenvalue weighted by Crippen LogP contribution is -2.43. The minimum Gasteiger partial charge on any atom is -0.394 e. The maximum atomic E-state index is 9.01. The maximum absolute atomic E-state index is 9.01. The Balaban J connectivity index is 1.89. The zero-order valence-corrected chi connectivity index (χ0v) is 8.67. The first kappa shape index (κ1) is 10.5. The number of aliphatic hydroxyl groups is 1. The molecule has 0 bridgehead atoms. The molecule has 1 saturated heterocycles. The number of pyridine rings is 1. The molecule has 1 aromatic rings. The van der Waals surface area contributed by atoms with Gasteiger partial charge in [-0.2, -0.15) is 0 Å². The molecule has 0 aromatic carbocycles. The van der Waals surface area contributed by atoms with Crippen molar-refractivity contribution in [3.05, 3.63) is 30.1 Å². The fourth-order valence-electron chi connectivity index (χ4n) is 1.78. The molecule has 0 saturated carbocycles. The molecule has 1 unspecified atom stereocenters. The third-order valence-electron chi connectivity index (χ3n) is 2.56. The van der Waals surface area contributed by atoms with Crippen molar-refractivity contribution in [3.8, 4) is 0 Å². The SMILES string of the molecule is OCC1CN(Cc2cccnc2)CCO1. The van der Waals surface area contributed by atoms with E-state index in [-0.39, 0.29) is 12.7 Å². The van der Waals surface area contributed by atoms with Gasteiger partial charge in [0.1, 0.15) is 0 Å². The van der Waals surface area contributed by atoms with Crippen LogP contribution in [0.25, 0.3) is 0 Å². The van der Waals surface area contributed by atoms with Crippen molar-refractivity contribution in [2.45, 2.75) is 12.6 Å². The zero-order valence-electron chi connectivity index (χ0n) is 8.67. The Hall–Kier alpha value is -0.970. The van der Waals surface area contributed by atoms with Gasteiger partial charge >= 0.3 is 0 Å². The third kappa shape index (κ3) is 2.99. The lowest BCUT2D eigenvalue weighted by molar-refractivity contribution is -0.0551. The van der Waals surface area contributed by atoms with Crippen LogP contribution in [0.15, 0.2) is 24.5 Å². The summed E-state index contributed by atoms with van der Waals surface area (Å²) >= 11 is 0. The first-order valence-corrected chi connectivity index (χ1v) is 5.22. The largest absolute Gasteiger partial charge is 0.394 e. The van der Waals surface area contributed by atoms with Crippen LogP contribution in [-0.2, 0) is 11.3 Å². The minimum absolute atomic E-state index is 0.0320. The van der Waals surface area contributed by atoms with Crippen molar-refractivity contribution in [1.82, 2.24) is 9.88 Å². The average Bonchev–Trinajstić information content (AvgIpc) is 2.31. The van der Waals surface area contributed by atoms with Gasteiger partial charge in [0.2, 0.25) is 0 Å². The second-order valence-corrected chi connectivity index (χ2v) is 3.77. The van der Waals surface area contributed by atoms with Crippen LogP contribution in [0.5, 0.6) is 0 Å². The van der Waals surface area contributed by atoms with Crippen molar-refractivity contribution >= 4 is 0 Å². The summed E-state index contributed by atoms with van der Waals surface area (Å²) in [7, 11) is 0. The van der Waals surface area contributed by atoms with Crippen LogP contribution in [-0.4, -0.2) is 47.4 Å². The molecule has 2 rings (SSSR count). The normalized spacial score (nSPS) is 22.9. The molecule has 4 nitrogen and oxygen atoms in total. The van der Waals surface area contributed by atoms with Crippen LogP contribution in [0.2, 0.25) is 0 Å². The van der Waals surface area contributed by atoms with E-state index >= 15 is 0 Å². The molecule has 0 aliphatic carbocycles. The summed E-state index contributed by atoms with van der Waals surface area (Å²) in [5.41, 5.74) is 1.20. The van der Waals surface area contributed by atoms with E-state index in [2.05, 4.69) is 16.0 Å². The van der Waals surface area contributed by atoms with Crippen LogP contribution < -0.4 is 0 Å². The Kier molecular flexibility index (Phi) is 3.66. The summed E-state index contributed by atoms with van der Waals surface area (Å²) in [6.45, 7) is 3.40. The molecular formula is C11H16N2O2. The molecule has 0 spiro atoms. The fourth-order valence-corrected chi connectivity index (χ4v) is 1.78. The quantitative estimate of drug-likeness (QED) is 0.774. The minimum atomic E-state index is -0.0320. The van der Waals surface area contributed by atoms with Crippen molar-refractivity contribution in [2.75, 3.05) is 26.3 Å². The lowest BCUT2D eigenvalue weighted by atomic mass is 10.2. The molecule has 1 aliphatic rings. The monoisotopic (exact) mass is 208 g/mol. The van der Waals surface area contributed by atoms with Crippen LogP contribution >= 0.6 is 0 Å². The van der Waals surface area contributed by atoms with Crippen molar-refractivity contribution in [1.29, 1.82) is 0 Å². The van der Waals surface area contributed by atoms with Gasteiger partial charge in [0.15, 0.2) is 0 Å². The van der Waals surface area contributed by atoms with Crippen molar-refractivity contribution in [2.24, 2.45) is 0 Å². The molecule has 15 heavy (non-hydrogen) atoms. The molecule has 1 atom stereocenters. The van der Waals surface area contributed by atoms with Gasteiger partial charge in [0, 0.05) is 32.0 Å². The van der Waals surface area contributed by atoms with E-state index in [1.54, 1.807) is 6.20 Å². The highest BCUT2D eigenvalue weighted by Gasteiger charge is 2.19. The van der Waals surface area contributed by atoms with Gasteiger partial charge in [-0.05, 0) is 11.6 Å². The highest BCUT2D eigenvalue weighted by atomic mass is 16.5. The molecule has 1 aromatic heterocycles.